The van der Waals surface area contributed by atoms with Crippen molar-refractivity contribution in [3.05, 3.63) is 65.2 Å². The second kappa shape index (κ2) is 7.39. The van der Waals surface area contributed by atoms with E-state index in [-0.39, 0.29) is 5.56 Å². The third-order valence-electron chi connectivity index (χ3n) is 3.38. The molecule has 128 valence electrons. The van der Waals surface area contributed by atoms with Crippen LogP contribution in [0, 0.1) is 0 Å². The van der Waals surface area contributed by atoms with E-state index < -0.39 is 17.8 Å². The van der Waals surface area contributed by atoms with Crippen molar-refractivity contribution in [2.24, 2.45) is 0 Å². The summed E-state index contributed by atoms with van der Waals surface area (Å²) >= 11 is 0. The van der Waals surface area contributed by atoms with Gasteiger partial charge in [0, 0.05) is 14.1 Å². The molecule has 0 atom stereocenters. The quantitative estimate of drug-likeness (QED) is 0.680. The molecular formula is C18H16N2O5. The van der Waals surface area contributed by atoms with Gasteiger partial charge >= 0.3 is 5.97 Å². The summed E-state index contributed by atoms with van der Waals surface area (Å²) in [4.78, 5) is 47.2. The first-order valence-corrected chi connectivity index (χ1v) is 7.29. The number of benzene rings is 2. The number of aromatic carboxylic acids is 1. The number of hydrogen-bond acceptors (Lipinski definition) is 4. The summed E-state index contributed by atoms with van der Waals surface area (Å²) in [7, 11) is 3.38. The van der Waals surface area contributed by atoms with Crippen molar-refractivity contribution in [3.8, 4) is 0 Å². The topological polar surface area (TPSA) is 95.0 Å². The van der Waals surface area contributed by atoms with Crippen LogP contribution in [0.15, 0.2) is 48.5 Å². The molecule has 0 aromatic heterocycles. The van der Waals surface area contributed by atoms with Crippen LogP contribution in [0.3, 0.4) is 0 Å². The number of imide groups is 1. The van der Waals surface area contributed by atoms with E-state index in [2.05, 4.69) is 0 Å². The van der Waals surface area contributed by atoms with E-state index in [9.17, 15) is 19.2 Å². The van der Waals surface area contributed by atoms with Crippen molar-refractivity contribution in [2.45, 2.75) is 0 Å². The van der Waals surface area contributed by atoms with Gasteiger partial charge in [-0.2, -0.15) is 0 Å². The van der Waals surface area contributed by atoms with E-state index in [4.69, 9.17) is 5.11 Å². The Hall–Kier alpha value is -3.48. The summed E-state index contributed by atoms with van der Waals surface area (Å²) < 4.78 is 0. The molecule has 7 heteroatoms. The average molecular weight is 340 g/mol. The van der Waals surface area contributed by atoms with Crippen LogP contribution in [-0.4, -0.2) is 48.3 Å². The molecule has 1 aliphatic rings. The molecule has 1 heterocycles. The van der Waals surface area contributed by atoms with Crippen LogP contribution >= 0.6 is 0 Å². The zero-order chi connectivity index (χ0) is 18.6. The molecule has 0 fully saturated rings. The van der Waals surface area contributed by atoms with Gasteiger partial charge in [-0.05, 0) is 36.4 Å². The Morgan fingerprint density at radius 1 is 0.960 bits per heavy atom. The molecule has 2 aromatic carbocycles. The fourth-order valence-corrected chi connectivity index (χ4v) is 2.18. The molecule has 1 N–H and O–H groups in total. The lowest BCUT2D eigenvalue weighted by Gasteiger charge is -2.13. The zero-order valence-corrected chi connectivity index (χ0v) is 13.7. The summed E-state index contributed by atoms with van der Waals surface area (Å²) in [6.07, 6.45) is 0.750. The number of nitrogens with zero attached hydrogens (tertiary/aromatic N) is 2. The summed E-state index contributed by atoms with van der Waals surface area (Å²) in [5.41, 5.74) is 1.19. The fourth-order valence-electron chi connectivity index (χ4n) is 2.18. The zero-order valence-electron chi connectivity index (χ0n) is 13.7. The number of carbonyl (C=O) groups excluding carboxylic acids is 3. The molecule has 0 unspecified atom stereocenters. The maximum Gasteiger partial charge on any atom is 0.335 e. The molecule has 3 rings (SSSR count). The van der Waals surface area contributed by atoms with Gasteiger partial charge in [-0.3, -0.25) is 14.4 Å². The predicted octanol–water partition coefficient (Wildman–Crippen LogP) is 1.89. The molecule has 0 spiro atoms. The number of carboxylic acid groups (broad SMARTS) is 1. The van der Waals surface area contributed by atoms with Crippen molar-refractivity contribution in [1.82, 2.24) is 4.90 Å². The van der Waals surface area contributed by atoms with Gasteiger partial charge in [-0.1, -0.05) is 12.1 Å². The normalized spacial score (nSPS) is 12.2. The molecule has 7 nitrogen and oxygen atoms in total. The molecule has 2 aromatic rings. The highest BCUT2D eigenvalue weighted by molar-refractivity contribution is 6.34. The van der Waals surface area contributed by atoms with Crippen LogP contribution in [0.2, 0.25) is 0 Å². The Labute approximate surface area is 144 Å². The summed E-state index contributed by atoms with van der Waals surface area (Å²) in [5.74, 6) is -1.85. The third-order valence-corrected chi connectivity index (χ3v) is 3.38. The minimum atomic E-state index is -1.06. The highest BCUT2D eigenvalue weighted by atomic mass is 16.4. The van der Waals surface area contributed by atoms with E-state index in [0.717, 1.165) is 11.3 Å². The van der Waals surface area contributed by atoms with Crippen LogP contribution in [0.1, 0.15) is 31.1 Å². The molecule has 0 radical (unpaired) electrons. The Bertz CT molecular complexity index is 793. The average Bonchev–Trinajstić information content (AvgIpc) is 2.87. The number of hydrogen-bond donors (Lipinski definition) is 1. The monoisotopic (exact) mass is 340 g/mol. The highest BCUT2D eigenvalue weighted by Crippen LogP contribution is 2.28. The maximum absolute atomic E-state index is 12.2. The van der Waals surface area contributed by atoms with Gasteiger partial charge < -0.3 is 10.0 Å². The fraction of sp³-hybridized carbons (Fsp3) is 0.111. The lowest BCUT2D eigenvalue weighted by Crippen LogP contribution is -2.29. The Kier molecular flexibility index (Phi) is 5.28. The lowest BCUT2D eigenvalue weighted by atomic mass is 10.1. The second-order valence-corrected chi connectivity index (χ2v) is 5.41. The minimum absolute atomic E-state index is 0.102. The van der Waals surface area contributed by atoms with Crippen molar-refractivity contribution in [2.75, 3.05) is 19.0 Å². The SMILES string of the molecule is CN(C)C=O.O=C(O)c1ccc(N2C(=O)c3ccccc3C2=O)cc1. The summed E-state index contributed by atoms with van der Waals surface area (Å²) in [6, 6.07) is 12.2. The van der Waals surface area contributed by atoms with Crippen molar-refractivity contribution in [3.63, 3.8) is 0 Å². The smallest absolute Gasteiger partial charge is 0.335 e. The number of carboxylic acids is 1. The van der Waals surface area contributed by atoms with Gasteiger partial charge in [0.15, 0.2) is 0 Å². The Morgan fingerprint density at radius 3 is 1.76 bits per heavy atom. The minimum Gasteiger partial charge on any atom is -0.478 e. The van der Waals surface area contributed by atoms with Crippen LogP contribution in [0.4, 0.5) is 5.69 Å². The molecule has 3 amide bonds. The van der Waals surface area contributed by atoms with E-state index >= 15 is 0 Å². The number of anilines is 1. The van der Waals surface area contributed by atoms with Crippen molar-refractivity contribution < 1.29 is 24.3 Å². The van der Waals surface area contributed by atoms with Crippen LogP contribution in [0.5, 0.6) is 0 Å². The first-order valence-electron chi connectivity index (χ1n) is 7.29. The molecule has 0 bridgehead atoms. The highest BCUT2D eigenvalue weighted by Gasteiger charge is 2.36. The number of fused-ring (bicyclic) bond motifs is 1. The van der Waals surface area contributed by atoms with E-state index in [1.54, 1.807) is 38.4 Å². The molecule has 25 heavy (non-hydrogen) atoms. The predicted molar refractivity (Wildman–Crippen MR) is 90.7 cm³/mol. The van der Waals surface area contributed by atoms with Gasteiger partial charge in [0.1, 0.15) is 0 Å². The van der Waals surface area contributed by atoms with Crippen LogP contribution in [0.25, 0.3) is 0 Å². The number of amides is 3. The molecule has 0 saturated carbocycles. The van der Waals surface area contributed by atoms with Crippen LogP contribution in [-0.2, 0) is 4.79 Å². The Morgan fingerprint density at radius 2 is 1.40 bits per heavy atom. The van der Waals surface area contributed by atoms with Crippen molar-refractivity contribution in [1.29, 1.82) is 0 Å². The first-order chi connectivity index (χ1) is 11.9. The standard InChI is InChI=1S/C15H9NO4.C3H7NO/c17-13-11-3-1-2-4-12(11)14(18)16(13)10-7-5-9(6-8-10)15(19)20;1-4(2)3-5/h1-8H,(H,19,20);3H,1-2H3. The van der Waals surface area contributed by atoms with Gasteiger partial charge in [-0.25, -0.2) is 9.69 Å². The van der Waals surface area contributed by atoms with E-state index in [0.29, 0.717) is 16.8 Å². The molecule has 0 saturated heterocycles. The number of rotatable bonds is 3. The summed E-state index contributed by atoms with van der Waals surface area (Å²) in [6.45, 7) is 0. The van der Waals surface area contributed by atoms with Crippen molar-refractivity contribution >= 4 is 29.9 Å². The van der Waals surface area contributed by atoms with Gasteiger partial charge in [0.05, 0.1) is 22.4 Å². The first kappa shape index (κ1) is 17.9. The largest absolute Gasteiger partial charge is 0.478 e. The molecule has 1 aliphatic heterocycles. The number of carbonyl (C=O) groups is 4. The maximum atomic E-state index is 12.2. The Balaban J connectivity index is 0.000000399. The second-order valence-electron chi connectivity index (χ2n) is 5.41. The van der Waals surface area contributed by atoms with E-state index in [1.807, 2.05) is 0 Å². The van der Waals surface area contributed by atoms with Gasteiger partial charge in [0.2, 0.25) is 6.41 Å². The van der Waals surface area contributed by atoms with Gasteiger partial charge in [-0.15, -0.1) is 0 Å². The third kappa shape index (κ3) is 3.72. The molecular weight excluding hydrogens is 324 g/mol. The lowest BCUT2D eigenvalue weighted by molar-refractivity contribution is -0.115. The van der Waals surface area contributed by atoms with Crippen LogP contribution < -0.4 is 4.90 Å². The summed E-state index contributed by atoms with van der Waals surface area (Å²) in [5, 5.41) is 8.84. The van der Waals surface area contributed by atoms with E-state index in [1.165, 1.54) is 29.2 Å². The molecule has 0 aliphatic carbocycles. The van der Waals surface area contributed by atoms with Gasteiger partial charge in [0.25, 0.3) is 11.8 Å².